The van der Waals surface area contributed by atoms with Crippen LogP contribution in [0, 0.1) is 0 Å². The second kappa shape index (κ2) is 9.70. The number of likely N-dealkylation sites (N-methyl/N-ethyl adjacent to an activating group) is 1. The van der Waals surface area contributed by atoms with Crippen molar-refractivity contribution < 1.29 is 23.8 Å². The van der Waals surface area contributed by atoms with Crippen LogP contribution in [0.15, 0.2) is 78.5 Å². The highest BCUT2D eigenvalue weighted by molar-refractivity contribution is 6.46. The van der Waals surface area contributed by atoms with Gasteiger partial charge in [0, 0.05) is 18.8 Å². The summed E-state index contributed by atoms with van der Waals surface area (Å²) in [5, 5.41) is 0. The van der Waals surface area contributed by atoms with Crippen molar-refractivity contribution in [2.24, 2.45) is 0 Å². The predicted molar refractivity (Wildman–Crippen MR) is 131 cm³/mol. The lowest BCUT2D eigenvalue weighted by molar-refractivity contribution is -0.120. The largest absolute Gasteiger partial charge is 0.497 e. The summed E-state index contributed by atoms with van der Waals surface area (Å²) in [7, 11) is 4.80. The smallest absolute Gasteiger partial charge is 0.282 e. The lowest BCUT2D eigenvalue weighted by Gasteiger charge is -2.22. The van der Waals surface area contributed by atoms with Gasteiger partial charge in [-0.2, -0.15) is 0 Å². The molecule has 0 aliphatic carbocycles. The van der Waals surface area contributed by atoms with Gasteiger partial charge in [0.25, 0.3) is 11.8 Å². The second-order valence-corrected chi connectivity index (χ2v) is 7.56. The molecule has 0 saturated carbocycles. The first-order valence-electron chi connectivity index (χ1n) is 10.9. The first-order chi connectivity index (χ1) is 16.5. The predicted octanol–water partition coefficient (Wildman–Crippen LogP) is 4.52. The van der Waals surface area contributed by atoms with Gasteiger partial charge in [-0.15, -0.1) is 0 Å². The van der Waals surface area contributed by atoms with Crippen molar-refractivity contribution in [2.45, 2.75) is 6.92 Å². The minimum absolute atomic E-state index is 0.276. The minimum Gasteiger partial charge on any atom is -0.497 e. The van der Waals surface area contributed by atoms with Crippen LogP contribution in [0.1, 0.15) is 12.5 Å². The lowest BCUT2D eigenvalue weighted by Crippen LogP contribution is -2.34. The van der Waals surface area contributed by atoms with E-state index in [1.54, 1.807) is 61.5 Å². The van der Waals surface area contributed by atoms with Crippen LogP contribution in [0.5, 0.6) is 17.2 Å². The van der Waals surface area contributed by atoms with E-state index in [-0.39, 0.29) is 5.70 Å². The number of ether oxygens (including phenoxy) is 3. The van der Waals surface area contributed by atoms with Gasteiger partial charge in [-0.1, -0.05) is 30.3 Å². The van der Waals surface area contributed by atoms with Crippen molar-refractivity contribution in [3.63, 3.8) is 0 Å². The number of amides is 2. The van der Waals surface area contributed by atoms with Crippen LogP contribution in [0.2, 0.25) is 0 Å². The van der Waals surface area contributed by atoms with Crippen molar-refractivity contribution >= 4 is 28.8 Å². The Kier molecular flexibility index (Phi) is 6.54. The number of imide groups is 1. The quantitative estimate of drug-likeness (QED) is 0.462. The Morgan fingerprint density at radius 3 is 2.12 bits per heavy atom. The minimum atomic E-state index is -0.441. The Hall–Kier alpha value is -4.26. The molecule has 174 valence electrons. The van der Waals surface area contributed by atoms with Crippen molar-refractivity contribution in [3.05, 3.63) is 84.1 Å². The maximum atomic E-state index is 13.8. The molecule has 0 saturated heterocycles. The van der Waals surface area contributed by atoms with Gasteiger partial charge < -0.3 is 19.1 Å². The number of anilines is 2. The van der Waals surface area contributed by atoms with Crippen LogP contribution in [-0.2, 0) is 9.59 Å². The highest BCUT2D eigenvalue weighted by atomic mass is 16.5. The molecule has 34 heavy (non-hydrogen) atoms. The third kappa shape index (κ3) is 4.08. The van der Waals surface area contributed by atoms with Crippen molar-refractivity contribution in [2.75, 3.05) is 37.7 Å². The van der Waals surface area contributed by atoms with Gasteiger partial charge in [0.1, 0.15) is 22.9 Å². The van der Waals surface area contributed by atoms with Crippen LogP contribution < -0.4 is 24.0 Å². The standard InChI is InChI=1S/C27H26N2O5/c1-5-34-20-13-11-18(12-14-20)24-25(28(2)19-9-7-6-8-10-19)27(31)29(26(24)30)22-16-15-21(32-3)17-23(22)33-4/h6-17H,5H2,1-4H3. The molecule has 1 aliphatic rings. The van der Waals surface area contributed by atoms with E-state index >= 15 is 0 Å². The highest BCUT2D eigenvalue weighted by Gasteiger charge is 2.43. The lowest BCUT2D eigenvalue weighted by atomic mass is 10.0. The average Bonchev–Trinajstić information content (AvgIpc) is 3.14. The van der Waals surface area contributed by atoms with Crippen LogP contribution >= 0.6 is 0 Å². The molecule has 4 rings (SSSR count). The van der Waals surface area contributed by atoms with Gasteiger partial charge >= 0.3 is 0 Å². The molecule has 0 radical (unpaired) electrons. The van der Waals surface area contributed by atoms with E-state index in [0.29, 0.717) is 40.7 Å². The fourth-order valence-corrected chi connectivity index (χ4v) is 3.94. The number of hydrogen-bond donors (Lipinski definition) is 0. The van der Waals surface area contributed by atoms with Crippen molar-refractivity contribution in [1.82, 2.24) is 0 Å². The number of rotatable bonds is 8. The van der Waals surface area contributed by atoms with E-state index in [1.165, 1.54) is 7.11 Å². The van der Waals surface area contributed by atoms with Gasteiger partial charge in [0.2, 0.25) is 0 Å². The summed E-state index contributed by atoms with van der Waals surface area (Å²) >= 11 is 0. The molecule has 7 nitrogen and oxygen atoms in total. The normalized spacial score (nSPS) is 13.4. The third-order valence-electron chi connectivity index (χ3n) is 5.62. The molecule has 0 fully saturated rings. The van der Waals surface area contributed by atoms with E-state index in [1.807, 2.05) is 37.3 Å². The van der Waals surface area contributed by atoms with Crippen molar-refractivity contribution in [3.8, 4) is 17.2 Å². The molecule has 2 amide bonds. The molecule has 0 atom stereocenters. The molecule has 3 aromatic rings. The van der Waals surface area contributed by atoms with Gasteiger partial charge in [-0.3, -0.25) is 9.59 Å². The van der Waals surface area contributed by atoms with Crippen LogP contribution in [0.4, 0.5) is 11.4 Å². The molecule has 3 aromatic carbocycles. The summed E-state index contributed by atoms with van der Waals surface area (Å²) in [6, 6.07) is 21.6. The van der Waals surface area contributed by atoms with E-state index < -0.39 is 11.8 Å². The summed E-state index contributed by atoms with van der Waals surface area (Å²) < 4.78 is 16.3. The number of carbonyl (C=O) groups excluding carboxylic acids is 2. The number of methoxy groups -OCH3 is 2. The van der Waals surface area contributed by atoms with Crippen LogP contribution in [-0.4, -0.2) is 39.7 Å². The van der Waals surface area contributed by atoms with Gasteiger partial charge in [-0.25, -0.2) is 4.90 Å². The van der Waals surface area contributed by atoms with Crippen molar-refractivity contribution in [1.29, 1.82) is 0 Å². The maximum Gasteiger partial charge on any atom is 0.282 e. The van der Waals surface area contributed by atoms with E-state index in [2.05, 4.69) is 0 Å². The summed E-state index contributed by atoms with van der Waals surface area (Å²) in [5.74, 6) is 0.728. The molecular weight excluding hydrogens is 432 g/mol. The fraction of sp³-hybridized carbons (Fsp3) is 0.185. The molecule has 0 aromatic heterocycles. The summed E-state index contributed by atoms with van der Waals surface area (Å²) in [6.07, 6.45) is 0. The monoisotopic (exact) mass is 458 g/mol. The third-order valence-corrected chi connectivity index (χ3v) is 5.62. The highest BCUT2D eigenvalue weighted by Crippen LogP contribution is 2.40. The molecule has 0 N–H and O–H groups in total. The summed E-state index contributed by atoms with van der Waals surface area (Å²) in [6.45, 7) is 2.44. The Labute approximate surface area is 198 Å². The topological polar surface area (TPSA) is 68.3 Å². The van der Waals surface area contributed by atoms with Gasteiger partial charge in [0.15, 0.2) is 0 Å². The molecule has 0 bridgehead atoms. The molecule has 1 aliphatic heterocycles. The number of carbonyl (C=O) groups is 2. The van der Waals surface area contributed by atoms with Crippen LogP contribution in [0.3, 0.4) is 0 Å². The average molecular weight is 459 g/mol. The Balaban J connectivity index is 1.85. The van der Waals surface area contributed by atoms with Gasteiger partial charge in [0.05, 0.1) is 32.1 Å². The SMILES string of the molecule is CCOc1ccc(C2=C(N(C)c3ccccc3)C(=O)N(c3ccc(OC)cc3OC)C2=O)cc1. The first-order valence-corrected chi connectivity index (χ1v) is 10.9. The van der Waals surface area contributed by atoms with Crippen LogP contribution in [0.25, 0.3) is 5.57 Å². The Bertz CT molecular complexity index is 1240. The molecule has 0 unspecified atom stereocenters. The zero-order valence-electron chi connectivity index (χ0n) is 19.6. The Morgan fingerprint density at radius 1 is 0.824 bits per heavy atom. The number of hydrogen-bond acceptors (Lipinski definition) is 6. The van der Waals surface area contributed by atoms with Gasteiger partial charge in [-0.05, 0) is 48.9 Å². The molecule has 7 heteroatoms. The number of nitrogens with zero attached hydrogens (tertiary/aromatic N) is 2. The number of benzene rings is 3. The molecule has 0 spiro atoms. The fourth-order valence-electron chi connectivity index (χ4n) is 3.94. The van der Waals surface area contributed by atoms with E-state index in [9.17, 15) is 9.59 Å². The van der Waals surface area contributed by atoms with E-state index in [4.69, 9.17) is 14.2 Å². The van der Waals surface area contributed by atoms with E-state index in [0.717, 1.165) is 10.6 Å². The maximum absolute atomic E-state index is 13.8. The number of para-hydroxylation sites is 1. The molecule has 1 heterocycles. The zero-order valence-corrected chi connectivity index (χ0v) is 19.6. The molecular formula is C27H26N2O5. The first kappa shape index (κ1) is 22.9. The Morgan fingerprint density at radius 2 is 1.50 bits per heavy atom. The summed E-state index contributed by atoms with van der Waals surface area (Å²) in [5.41, 5.74) is 2.33. The summed E-state index contributed by atoms with van der Waals surface area (Å²) in [4.78, 5) is 30.5. The zero-order chi connectivity index (χ0) is 24.2. The second-order valence-electron chi connectivity index (χ2n) is 7.56.